The molecule has 2 aliphatic heterocycles. The van der Waals surface area contributed by atoms with E-state index in [1.807, 2.05) is 36.2 Å². The third kappa shape index (κ3) is 2.10. The van der Waals surface area contributed by atoms with Crippen molar-refractivity contribution in [3.05, 3.63) is 29.8 Å². The van der Waals surface area contributed by atoms with Crippen LogP contribution in [0.3, 0.4) is 0 Å². The number of fused-ring (bicyclic) bond motifs is 1. The van der Waals surface area contributed by atoms with E-state index < -0.39 is 0 Å². The third-order valence-electron chi connectivity index (χ3n) is 4.29. The van der Waals surface area contributed by atoms with Gasteiger partial charge >= 0.3 is 0 Å². The van der Waals surface area contributed by atoms with E-state index in [0.717, 1.165) is 30.8 Å². The molecule has 1 aromatic carbocycles. The lowest BCUT2D eigenvalue weighted by molar-refractivity contribution is -0.139. The number of benzene rings is 1. The molecule has 1 N–H and O–H groups in total. The lowest BCUT2D eigenvalue weighted by Gasteiger charge is -2.27. The molecule has 1 fully saturated rings. The van der Waals surface area contributed by atoms with Crippen molar-refractivity contribution in [2.75, 3.05) is 20.1 Å². The summed E-state index contributed by atoms with van der Waals surface area (Å²) in [4.78, 5) is 14.4. The number of hydrogen-bond donors (Lipinski definition) is 1. The number of nitrogens with one attached hydrogen (secondary N) is 1. The monoisotopic (exact) mass is 260 g/mol. The lowest BCUT2D eigenvalue weighted by atomic mass is 9.96. The second kappa shape index (κ2) is 4.85. The van der Waals surface area contributed by atoms with Gasteiger partial charge in [-0.15, -0.1) is 0 Å². The van der Waals surface area contributed by atoms with Crippen LogP contribution >= 0.6 is 0 Å². The minimum atomic E-state index is -0.372. The summed E-state index contributed by atoms with van der Waals surface area (Å²) >= 11 is 0. The molecule has 4 nitrogen and oxygen atoms in total. The average molecular weight is 260 g/mol. The SMILES string of the molecule is C[C@@H]1c2ccccc2O[C@@H]1C(=O)N(C)[C@H]1CCNC1. The van der Waals surface area contributed by atoms with Crippen molar-refractivity contribution in [2.45, 2.75) is 31.4 Å². The molecule has 2 heterocycles. The van der Waals surface area contributed by atoms with Gasteiger partial charge in [0.1, 0.15) is 5.75 Å². The zero-order valence-electron chi connectivity index (χ0n) is 11.4. The fourth-order valence-corrected chi connectivity index (χ4v) is 2.98. The Balaban J connectivity index is 1.75. The van der Waals surface area contributed by atoms with Crippen LogP contribution in [0.5, 0.6) is 5.75 Å². The molecular formula is C15H20N2O2. The van der Waals surface area contributed by atoms with Gasteiger partial charge in [-0.25, -0.2) is 0 Å². The van der Waals surface area contributed by atoms with Gasteiger partial charge in [0, 0.05) is 31.1 Å². The second-order valence-corrected chi connectivity index (χ2v) is 5.46. The van der Waals surface area contributed by atoms with Crippen molar-refractivity contribution < 1.29 is 9.53 Å². The number of nitrogens with zero attached hydrogens (tertiary/aromatic N) is 1. The minimum absolute atomic E-state index is 0.0948. The molecule has 4 heteroatoms. The van der Waals surface area contributed by atoms with E-state index in [-0.39, 0.29) is 17.9 Å². The van der Waals surface area contributed by atoms with E-state index in [1.54, 1.807) is 0 Å². The molecule has 1 saturated heterocycles. The van der Waals surface area contributed by atoms with E-state index in [1.165, 1.54) is 0 Å². The van der Waals surface area contributed by atoms with Crippen LogP contribution in [0.2, 0.25) is 0 Å². The highest BCUT2D eigenvalue weighted by Crippen LogP contribution is 2.38. The van der Waals surface area contributed by atoms with Crippen molar-refractivity contribution in [2.24, 2.45) is 0 Å². The maximum Gasteiger partial charge on any atom is 0.264 e. The van der Waals surface area contributed by atoms with Crippen molar-refractivity contribution >= 4 is 5.91 Å². The first-order valence-electron chi connectivity index (χ1n) is 6.91. The molecule has 3 rings (SSSR count). The van der Waals surface area contributed by atoms with E-state index in [0.29, 0.717) is 6.04 Å². The Kier molecular flexibility index (Phi) is 3.19. The van der Waals surface area contributed by atoms with Crippen LogP contribution in [0.1, 0.15) is 24.8 Å². The molecule has 102 valence electrons. The lowest BCUT2D eigenvalue weighted by Crippen LogP contribution is -2.46. The number of hydrogen-bond acceptors (Lipinski definition) is 3. The molecule has 2 aliphatic rings. The van der Waals surface area contributed by atoms with Crippen molar-refractivity contribution in [3.63, 3.8) is 0 Å². The maximum atomic E-state index is 12.6. The van der Waals surface area contributed by atoms with E-state index in [2.05, 4.69) is 12.2 Å². The summed E-state index contributed by atoms with van der Waals surface area (Å²) in [6, 6.07) is 8.23. The number of carbonyl (C=O) groups is 1. The number of carbonyl (C=O) groups excluding carboxylic acids is 1. The summed E-state index contributed by atoms with van der Waals surface area (Å²) in [5.74, 6) is 1.07. The van der Waals surface area contributed by atoms with Crippen LogP contribution in [0.15, 0.2) is 24.3 Å². The Morgan fingerprint density at radius 2 is 2.21 bits per heavy atom. The van der Waals surface area contributed by atoms with Crippen molar-refractivity contribution in [1.82, 2.24) is 10.2 Å². The van der Waals surface area contributed by atoms with Crippen LogP contribution in [-0.2, 0) is 4.79 Å². The number of amides is 1. The van der Waals surface area contributed by atoms with Gasteiger partial charge in [0.2, 0.25) is 0 Å². The first kappa shape index (κ1) is 12.5. The standard InChI is InChI=1S/C15H20N2O2/c1-10-12-5-3-4-6-13(12)19-14(10)15(18)17(2)11-7-8-16-9-11/h3-6,10-11,14,16H,7-9H2,1-2H3/t10-,11+,14+/m1/s1. The Morgan fingerprint density at radius 3 is 2.89 bits per heavy atom. The Labute approximate surface area is 113 Å². The highest BCUT2D eigenvalue weighted by molar-refractivity contribution is 5.83. The van der Waals surface area contributed by atoms with Gasteiger partial charge in [-0.1, -0.05) is 25.1 Å². The highest BCUT2D eigenvalue weighted by atomic mass is 16.5. The number of likely N-dealkylation sites (N-methyl/N-ethyl adjacent to an activating group) is 1. The van der Waals surface area contributed by atoms with Gasteiger partial charge in [-0.05, 0) is 19.0 Å². The molecule has 0 unspecified atom stereocenters. The molecule has 0 radical (unpaired) electrons. The van der Waals surface area contributed by atoms with E-state index in [9.17, 15) is 4.79 Å². The fourth-order valence-electron chi connectivity index (χ4n) is 2.98. The molecule has 1 aromatic rings. The number of rotatable bonds is 2. The summed E-state index contributed by atoms with van der Waals surface area (Å²) in [6.07, 6.45) is 0.652. The average Bonchev–Trinajstić information content (AvgIpc) is 3.06. The van der Waals surface area contributed by atoms with Crippen LogP contribution in [-0.4, -0.2) is 43.1 Å². The minimum Gasteiger partial charge on any atom is -0.480 e. The summed E-state index contributed by atoms with van der Waals surface area (Å²) in [7, 11) is 1.89. The van der Waals surface area contributed by atoms with E-state index in [4.69, 9.17) is 4.74 Å². The largest absolute Gasteiger partial charge is 0.480 e. The molecule has 1 amide bonds. The summed E-state index contributed by atoms with van der Waals surface area (Å²) < 4.78 is 5.85. The molecule has 19 heavy (non-hydrogen) atoms. The number of ether oxygens (including phenoxy) is 1. The third-order valence-corrected chi connectivity index (χ3v) is 4.29. The van der Waals surface area contributed by atoms with Crippen LogP contribution < -0.4 is 10.1 Å². The highest BCUT2D eigenvalue weighted by Gasteiger charge is 2.39. The van der Waals surface area contributed by atoms with Gasteiger partial charge in [0.15, 0.2) is 6.10 Å². The number of para-hydroxylation sites is 1. The molecule has 3 atom stereocenters. The van der Waals surface area contributed by atoms with Crippen LogP contribution in [0.25, 0.3) is 0 Å². The summed E-state index contributed by atoms with van der Waals surface area (Å²) in [5, 5.41) is 3.29. The first-order valence-corrected chi connectivity index (χ1v) is 6.91. The van der Waals surface area contributed by atoms with Crippen LogP contribution in [0, 0.1) is 0 Å². The molecule has 0 spiro atoms. The van der Waals surface area contributed by atoms with Gasteiger partial charge in [0.05, 0.1) is 0 Å². The molecule has 0 aliphatic carbocycles. The maximum absolute atomic E-state index is 12.6. The molecule has 0 aromatic heterocycles. The van der Waals surface area contributed by atoms with E-state index >= 15 is 0 Å². The summed E-state index contributed by atoms with van der Waals surface area (Å²) in [6.45, 7) is 3.94. The Morgan fingerprint density at radius 1 is 1.42 bits per heavy atom. The zero-order chi connectivity index (χ0) is 13.4. The van der Waals surface area contributed by atoms with Crippen molar-refractivity contribution in [3.8, 4) is 5.75 Å². The topological polar surface area (TPSA) is 41.6 Å². The van der Waals surface area contributed by atoms with Gasteiger partial charge in [-0.3, -0.25) is 4.79 Å². The molecular weight excluding hydrogens is 240 g/mol. The Bertz CT molecular complexity index is 483. The molecule has 0 saturated carbocycles. The second-order valence-electron chi connectivity index (χ2n) is 5.46. The quantitative estimate of drug-likeness (QED) is 0.873. The normalized spacial score (nSPS) is 28.8. The first-order chi connectivity index (χ1) is 9.18. The van der Waals surface area contributed by atoms with Gasteiger partial charge in [-0.2, -0.15) is 0 Å². The molecule has 0 bridgehead atoms. The van der Waals surface area contributed by atoms with Crippen molar-refractivity contribution in [1.29, 1.82) is 0 Å². The fraction of sp³-hybridized carbons (Fsp3) is 0.533. The van der Waals surface area contributed by atoms with Gasteiger partial charge in [0.25, 0.3) is 5.91 Å². The Hall–Kier alpha value is -1.55. The van der Waals surface area contributed by atoms with Crippen LogP contribution in [0.4, 0.5) is 0 Å². The predicted octanol–water partition coefficient (Wildman–Crippen LogP) is 1.37. The van der Waals surface area contributed by atoms with Gasteiger partial charge < -0.3 is 15.0 Å². The summed E-state index contributed by atoms with van der Waals surface area (Å²) in [5.41, 5.74) is 1.14. The zero-order valence-corrected chi connectivity index (χ0v) is 11.4. The predicted molar refractivity (Wildman–Crippen MR) is 73.3 cm³/mol. The smallest absolute Gasteiger partial charge is 0.264 e.